The Kier molecular flexibility index (Phi) is 6.40. The monoisotopic (exact) mass is 556 g/mol. The Balaban J connectivity index is 1.08. The minimum Gasteiger partial charge on any atom is -0.377 e. The number of nitrogens with zero attached hydrogens (tertiary/aromatic N) is 5. The summed E-state index contributed by atoms with van der Waals surface area (Å²) in [5.74, 6) is -1.14. The molecule has 1 aromatic carbocycles. The Morgan fingerprint density at radius 3 is 2.48 bits per heavy atom. The van der Waals surface area contributed by atoms with Crippen LogP contribution in [0.4, 0.5) is 23.4 Å². The zero-order valence-corrected chi connectivity index (χ0v) is 21.3. The Bertz CT molecular complexity index is 1560. The number of hydrogen-bond donors (Lipinski definition) is 1. The summed E-state index contributed by atoms with van der Waals surface area (Å²) in [5, 5.41) is 10.3. The van der Waals surface area contributed by atoms with Crippen molar-refractivity contribution in [2.75, 3.05) is 18.5 Å². The van der Waals surface area contributed by atoms with Gasteiger partial charge < -0.3 is 14.6 Å². The fourth-order valence-electron chi connectivity index (χ4n) is 4.72. The first-order chi connectivity index (χ1) is 19.1. The lowest BCUT2D eigenvalue weighted by Crippen LogP contribution is -2.32. The number of ether oxygens (including phenoxy) is 1. The van der Waals surface area contributed by atoms with Crippen molar-refractivity contribution in [3.63, 3.8) is 0 Å². The second-order valence-corrected chi connectivity index (χ2v) is 10.1. The molecule has 1 aliphatic carbocycles. The van der Waals surface area contributed by atoms with Gasteiger partial charge in [-0.1, -0.05) is 17.3 Å². The van der Waals surface area contributed by atoms with Gasteiger partial charge in [-0.25, -0.2) is 14.4 Å². The van der Waals surface area contributed by atoms with Crippen LogP contribution in [0.1, 0.15) is 47.3 Å². The van der Waals surface area contributed by atoms with E-state index in [0.29, 0.717) is 36.6 Å². The van der Waals surface area contributed by atoms with E-state index in [1.807, 2.05) is 17.8 Å². The van der Waals surface area contributed by atoms with E-state index in [1.165, 1.54) is 12.1 Å². The summed E-state index contributed by atoms with van der Waals surface area (Å²) in [4.78, 5) is 21.3. The highest BCUT2D eigenvalue weighted by atomic mass is 19.4. The number of anilines is 1. The standard InChI is InChI=1S/C27H24F4N6O3/c1-15-18(12-34-37(15)20-13-39-14-20)7-23-32-10-19(11-33-23)16-2-3-17(21(28)6-16)8-25(38)35-24-9-22(40-36-24)26(4-5-26)27(29,30)31/h2-3,6,9-12,20H,4-5,7-8,13-14H2,1H3,(H,35,36,38). The van der Waals surface area contributed by atoms with Gasteiger partial charge >= 0.3 is 6.18 Å². The van der Waals surface area contributed by atoms with Crippen LogP contribution in [0, 0.1) is 12.7 Å². The van der Waals surface area contributed by atoms with Gasteiger partial charge in [-0.2, -0.15) is 18.3 Å². The van der Waals surface area contributed by atoms with E-state index in [2.05, 4.69) is 25.5 Å². The van der Waals surface area contributed by atoms with E-state index >= 15 is 0 Å². The summed E-state index contributed by atoms with van der Waals surface area (Å²) >= 11 is 0. The summed E-state index contributed by atoms with van der Waals surface area (Å²) in [7, 11) is 0. The fraction of sp³-hybridized carbons (Fsp3) is 0.370. The molecule has 1 aliphatic heterocycles. The number of nitrogens with one attached hydrogen (secondary N) is 1. The number of aromatic nitrogens is 5. The highest BCUT2D eigenvalue weighted by Gasteiger charge is 2.66. The van der Waals surface area contributed by atoms with Crippen LogP contribution in [-0.4, -0.2) is 50.2 Å². The van der Waals surface area contributed by atoms with Crippen molar-refractivity contribution in [2.24, 2.45) is 0 Å². The van der Waals surface area contributed by atoms with Gasteiger partial charge in [0, 0.05) is 41.7 Å². The molecule has 9 nitrogen and oxygen atoms in total. The predicted molar refractivity (Wildman–Crippen MR) is 133 cm³/mol. The normalized spacial score (nSPS) is 16.5. The zero-order chi connectivity index (χ0) is 28.1. The molecule has 0 atom stereocenters. The molecule has 13 heteroatoms. The quantitative estimate of drug-likeness (QED) is 0.313. The Hall–Kier alpha value is -4.13. The van der Waals surface area contributed by atoms with Crippen molar-refractivity contribution in [1.29, 1.82) is 0 Å². The van der Waals surface area contributed by atoms with Gasteiger partial charge in [-0.15, -0.1) is 0 Å². The van der Waals surface area contributed by atoms with Gasteiger partial charge in [0.05, 0.1) is 31.9 Å². The molecule has 0 radical (unpaired) electrons. The van der Waals surface area contributed by atoms with Crippen molar-refractivity contribution in [2.45, 2.75) is 50.2 Å². The third-order valence-electron chi connectivity index (χ3n) is 7.45. The molecule has 1 saturated carbocycles. The summed E-state index contributed by atoms with van der Waals surface area (Å²) in [6, 6.07) is 5.72. The van der Waals surface area contributed by atoms with Gasteiger partial charge in [-0.3, -0.25) is 9.48 Å². The first-order valence-electron chi connectivity index (χ1n) is 12.7. The molecule has 1 N–H and O–H groups in total. The molecule has 1 amide bonds. The third kappa shape index (κ3) is 4.85. The van der Waals surface area contributed by atoms with Crippen molar-refractivity contribution in [1.82, 2.24) is 24.9 Å². The van der Waals surface area contributed by atoms with Gasteiger partial charge in [0.2, 0.25) is 5.91 Å². The Labute approximate surface area is 225 Å². The molecule has 0 bridgehead atoms. The van der Waals surface area contributed by atoms with Crippen molar-refractivity contribution < 1.29 is 31.6 Å². The number of alkyl halides is 3. The number of carbonyl (C=O) groups excluding carboxylic acids is 1. The van der Waals surface area contributed by atoms with Gasteiger partial charge in [0.1, 0.15) is 17.1 Å². The SMILES string of the molecule is Cc1c(Cc2ncc(-c3ccc(CC(=O)Nc4cc(C5(C(F)(F)F)CC5)on4)c(F)c3)cn2)cnn1C1COC1. The maximum absolute atomic E-state index is 14.8. The summed E-state index contributed by atoms with van der Waals surface area (Å²) in [6.45, 7) is 3.31. The number of hydrogen-bond acceptors (Lipinski definition) is 7. The minimum atomic E-state index is -4.46. The maximum Gasteiger partial charge on any atom is 0.401 e. The van der Waals surface area contributed by atoms with Crippen molar-refractivity contribution in [3.05, 3.63) is 77.1 Å². The highest BCUT2D eigenvalue weighted by Crippen LogP contribution is 2.59. The Morgan fingerprint density at radius 1 is 1.10 bits per heavy atom. The van der Waals surface area contributed by atoms with E-state index in [1.54, 1.807) is 18.5 Å². The predicted octanol–water partition coefficient (Wildman–Crippen LogP) is 4.71. The molecule has 0 unspecified atom stereocenters. The largest absolute Gasteiger partial charge is 0.401 e. The maximum atomic E-state index is 14.8. The van der Waals surface area contributed by atoms with Gasteiger partial charge in [0.25, 0.3) is 0 Å². The molecule has 0 spiro atoms. The molecule has 2 fully saturated rings. The average molecular weight is 557 g/mol. The number of carbonyl (C=O) groups is 1. The lowest BCUT2D eigenvalue weighted by Gasteiger charge is -2.27. The van der Waals surface area contributed by atoms with Crippen LogP contribution in [0.15, 0.2) is 47.4 Å². The first kappa shape index (κ1) is 26.1. The highest BCUT2D eigenvalue weighted by molar-refractivity contribution is 5.91. The molecule has 1 saturated heterocycles. The van der Waals surface area contributed by atoms with E-state index in [9.17, 15) is 22.4 Å². The molecular weight excluding hydrogens is 532 g/mol. The second kappa shape index (κ2) is 9.81. The van der Waals surface area contributed by atoms with Crippen molar-refractivity contribution >= 4 is 11.7 Å². The molecular formula is C27H24F4N6O3. The van der Waals surface area contributed by atoms with Crippen LogP contribution >= 0.6 is 0 Å². The molecule has 6 rings (SSSR count). The van der Waals surface area contributed by atoms with Gasteiger partial charge in [0.15, 0.2) is 11.6 Å². The molecule has 3 aromatic heterocycles. The molecule has 40 heavy (non-hydrogen) atoms. The van der Waals surface area contributed by atoms with E-state index in [4.69, 9.17) is 9.26 Å². The molecule has 2 aliphatic rings. The first-order valence-corrected chi connectivity index (χ1v) is 12.7. The molecule has 4 heterocycles. The summed E-state index contributed by atoms with van der Waals surface area (Å²) in [6.07, 6.45) is 0.554. The molecule has 4 aromatic rings. The fourth-order valence-corrected chi connectivity index (χ4v) is 4.72. The molecule has 208 valence electrons. The number of benzene rings is 1. The van der Waals surface area contributed by atoms with Crippen LogP contribution in [0.25, 0.3) is 11.1 Å². The number of halogens is 4. The topological polar surface area (TPSA) is 108 Å². The third-order valence-corrected chi connectivity index (χ3v) is 7.45. The van der Waals surface area contributed by atoms with Crippen LogP contribution < -0.4 is 5.32 Å². The summed E-state index contributed by atoms with van der Waals surface area (Å²) in [5.41, 5.74) is 1.26. The Morgan fingerprint density at radius 2 is 1.85 bits per heavy atom. The van der Waals surface area contributed by atoms with Crippen LogP contribution in [-0.2, 0) is 27.8 Å². The lowest BCUT2D eigenvalue weighted by atomic mass is 10.0. The van der Waals surface area contributed by atoms with Gasteiger partial charge in [-0.05, 0) is 37.0 Å². The van der Waals surface area contributed by atoms with Crippen LogP contribution in [0.5, 0.6) is 0 Å². The minimum absolute atomic E-state index is 0.0910. The lowest BCUT2D eigenvalue weighted by molar-refractivity contribution is -0.165. The number of rotatable bonds is 8. The van der Waals surface area contributed by atoms with E-state index < -0.39 is 23.3 Å². The zero-order valence-electron chi connectivity index (χ0n) is 21.3. The van der Waals surface area contributed by atoms with Crippen molar-refractivity contribution in [3.8, 4) is 11.1 Å². The number of amides is 1. The van der Waals surface area contributed by atoms with Crippen LogP contribution in [0.2, 0.25) is 0 Å². The average Bonchev–Trinajstić information content (AvgIpc) is 3.48. The van der Waals surface area contributed by atoms with E-state index in [0.717, 1.165) is 17.3 Å². The van der Waals surface area contributed by atoms with Crippen LogP contribution in [0.3, 0.4) is 0 Å². The smallest absolute Gasteiger partial charge is 0.377 e. The van der Waals surface area contributed by atoms with E-state index in [-0.39, 0.29) is 42.4 Å². The second-order valence-electron chi connectivity index (χ2n) is 10.1. The summed E-state index contributed by atoms with van der Waals surface area (Å²) < 4.78 is 66.7.